The molecule has 6 rings (SSSR count). The smallest absolute Gasteiger partial charge is 0.338 e. The Morgan fingerprint density at radius 3 is 1.11 bits per heavy atom. The van der Waals surface area contributed by atoms with Gasteiger partial charge in [-0.1, -0.05) is 46.6 Å². The summed E-state index contributed by atoms with van der Waals surface area (Å²) in [7, 11) is 0. The predicted molar refractivity (Wildman–Crippen MR) is 289 cm³/mol. The van der Waals surface area contributed by atoms with Crippen LogP contribution in [0.4, 0.5) is 0 Å². The number of esters is 2. The van der Waals surface area contributed by atoms with Gasteiger partial charge in [0.15, 0.2) is 6.29 Å². The first kappa shape index (κ1) is 67.3. The second kappa shape index (κ2) is 29.5. The van der Waals surface area contributed by atoms with Gasteiger partial charge in [0.05, 0.1) is 24.3 Å². The van der Waals surface area contributed by atoms with Crippen molar-refractivity contribution in [3.63, 3.8) is 0 Å². The van der Waals surface area contributed by atoms with E-state index in [0.29, 0.717) is 22.3 Å². The maximum Gasteiger partial charge on any atom is 0.338 e. The number of allylic oxidation sites excluding steroid dienone is 8. The molecule has 4 heterocycles. The summed E-state index contributed by atoms with van der Waals surface area (Å²) in [5.41, 5.74) is 5.06. The Kier molecular flexibility index (Phi) is 23.9. The third kappa shape index (κ3) is 16.2. The third-order valence-electron chi connectivity index (χ3n) is 14.5. The molecule has 0 unspecified atom stereocenters. The van der Waals surface area contributed by atoms with Crippen LogP contribution < -0.4 is 9.47 Å². The molecule has 25 nitrogen and oxygen atoms in total. The van der Waals surface area contributed by atoms with Gasteiger partial charge in [-0.05, 0) is 128 Å². The number of carbonyl (C=O) groups is 2. The van der Waals surface area contributed by atoms with Gasteiger partial charge in [-0.3, -0.25) is 0 Å². The van der Waals surface area contributed by atoms with Gasteiger partial charge in [-0.15, -0.1) is 0 Å². The van der Waals surface area contributed by atoms with Crippen LogP contribution in [0.25, 0.3) is 0 Å². The highest BCUT2D eigenvalue weighted by Gasteiger charge is 2.59. The van der Waals surface area contributed by atoms with Crippen LogP contribution in [-0.4, -0.2) is 233 Å². The first-order valence-corrected chi connectivity index (χ1v) is 27.3. The molecule has 4 fully saturated rings. The zero-order valence-corrected chi connectivity index (χ0v) is 47.6. The van der Waals surface area contributed by atoms with E-state index in [-0.39, 0.29) is 48.3 Å². The van der Waals surface area contributed by atoms with Crippen LogP contribution in [-0.2, 0) is 58.8 Å². The first-order valence-electron chi connectivity index (χ1n) is 27.3. The highest BCUT2D eigenvalue weighted by atomic mass is 16.8. The van der Waals surface area contributed by atoms with Gasteiger partial charge in [-0.25, -0.2) is 9.59 Å². The molecule has 0 spiro atoms. The minimum atomic E-state index is -2.63. The fourth-order valence-corrected chi connectivity index (χ4v) is 9.56. The van der Waals surface area contributed by atoms with Crippen molar-refractivity contribution in [2.75, 3.05) is 33.0 Å². The van der Waals surface area contributed by atoms with Crippen molar-refractivity contribution in [3.8, 4) is 11.5 Å². The molecule has 19 atom stereocenters. The molecular formula is C58H82O25. The number of aliphatic hydroxyl groups is 14. The van der Waals surface area contributed by atoms with E-state index in [1.54, 1.807) is 0 Å². The van der Waals surface area contributed by atoms with Gasteiger partial charge in [0.1, 0.15) is 123 Å². The van der Waals surface area contributed by atoms with Crippen LogP contribution in [0.5, 0.6) is 11.5 Å². The lowest BCUT2D eigenvalue weighted by Gasteiger charge is -2.43. The number of hydrogen-bond acceptors (Lipinski definition) is 25. The van der Waals surface area contributed by atoms with Gasteiger partial charge in [-0.2, -0.15) is 0 Å². The monoisotopic (exact) mass is 1180 g/mol. The molecule has 0 bridgehead atoms. The largest absolute Gasteiger partial charge is 0.461 e. The normalized spacial score (nSPS) is 33.4. The Labute approximate surface area is 480 Å². The van der Waals surface area contributed by atoms with E-state index >= 15 is 0 Å². The number of aliphatic hydroxyl groups excluding tert-OH is 14. The molecule has 25 heteroatoms. The zero-order valence-electron chi connectivity index (χ0n) is 47.6. The van der Waals surface area contributed by atoms with Gasteiger partial charge in [0.2, 0.25) is 18.4 Å². The van der Waals surface area contributed by atoms with E-state index in [1.807, 2.05) is 79.7 Å². The summed E-state index contributed by atoms with van der Waals surface area (Å²) < 4.78 is 52.3. The topological polar surface area (TPSA) is 400 Å². The van der Waals surface area contributed by atoms with Crippen molar-refractivity contribution in [1.82, 2.24) is 0 Å². The molecule has 4 saturated heterocycles. The summed E-state index contributed by atoms with van der Waals surface area (Å²) in [5, 5.41) is 150. The van der Waals surface area contributed by atoms with Crippen molar-refractivity contribution in [2.24, 2.45) is 0 Å². The van der Waals surface area contributed by atoms with Crippen LogP contribution >= 0.6 is 0 Å². The SMILES string of the molecule is CC(C)=CCc1cc(C(=O)OC[C@H]2O[C@@](CO)(O[C@H]3O[C@H](COC(=O)c4cc(CC=C(C)C)c(O[C@@H]5O[C@H](CO)[C@@H](O)[C@H](O)[C@H]5O)c(CC=C(C)C)c4)[C@@H](O)[C@H](O)[C@H]3O)[C@@H](O)[C@@H]2O)cc(CC=C(C)C)c1O[C@@H]1O[C@H](CO)[C@@H](O)[C@H](O)[C@H]1O. The summed E-state index contributed by atoms with van der Waals surface area (Å²) in [6.45, 7) is 10.5. The quantitative estimate of drug-likeness (QED) is 0.0455. The molecule has 83 heavy (non-hydrogen) atoms. The summed E-state index contributed by atoms with van der Waals surface area (Å²) in [6.07, 6.45) is -23.4. The second-order valence-corrected chi connectivity index (χ2v) is 22.2. The molecule has 4 aliphatic rings. The van der Waals surface area contributed by atoms with E-state index in [2.05, 4.69) is 0 Å². The predicted octanol–water partition coefficient (Wildman–Crippen LogP) is -1.27. The first-order chi connectivity index (χ1) is 39.1. The molecule has 14 N–H and O–H groups in total. The fourth-order valence-electron chi connectivity index (χ4n) is 9.56. The molecular weight excluding hydrogens is 1100 g/mol. The standard InChI is InChI=1S/C58H82O25/c1-26(2)9-13-30-17-34(18-31(14-10-27(3)4)50(30)80-55-47(69)44(66)40(62)36(21-59)77-55)53(73)75-23-38-42(64)46(68)49(71)57(79-38)83-58(25-61)52(72)43(65)39(82-58)24-76-54(74)35-19-32(15-11-28(5)6)51(33(20-35)16-12-29(7)8)81-56-48(70)45(67)41(63)37(22-60)78-56/h9-12,17-20,36-49,52,55-57,59-72H,13-16,21-25H2,1-8H3/t36-,37-,38-,39-,40-,41-,42-,43-,44+,45+,46+,47-,48-,49-,52+,55+,56+,57-,58+/m1/s1. The Balaban J connectivity index is 1.19. The lowest BCUT2D eigenvalue weighted by atomic mass is 9.97. The number of hydrogen-bond donors (Lipinski definition) is 14. The zero-order chi connectivity index (χ0) is 61.4. The van der Waals surface area contributed by atoms with Gasteiger partial charge < -0.3 is 114 Å². The maximum atomic E-state index is 14.0. The van der Waals surface area contributed by atoms with E-state index in [1.165, 1.54) is 24.3 Å². The van der Waals surface area contributed by atoms with Crippen molar-refractivity contribution < 1.29 is 124 Å². The van der Waals surface area contributed by atoms with Crippen LogP contribution in [0.15, 0.2) is 70.9 Å². The van der Waals surface area contributed by atoms with E-state index in [9.17, 15) is 81.1 Å². The molecule has 0 aliphatic carbocycles. The summed E-state index contributed by atoms with van der Waals surface area (Å²) in [6, 6.07) is 5.76. The highest BCUT2D eigenvalue weighted by molar-refractivity contribution is 5.91. The number of rotatable bonds is 23. The summed E-state index contributed by atoms with van der Waals surface area (Å²) in [4.78, 5) is 27.9. The molecule has 464 valence electrons. The van der Waals surface area contributed by atoms with Crippen LogP contribution in [0, 0.1) is 0 Å². The molecule has 2 aromatic carbocycles. The van der Waals surface area contributed by atoms with Gasteiger partial charge in [0.25, 0.3) is 0 Å². The number of carbonyl (C=O) groups excluding carboxylic acids is 2. The average Bonchev–Trinajstić information content (AvgIpc) is 3.71. The van der Waals surface area contributed by atoms with Crippen molar-refractivity contribution in [1.29, 1.82) is 0 Å². The van der Waals surface area contributed by atoms with Crippen LogP contribution in [0.3, 0.4) is 0 Å². The summed E-state index contributed by atoms with van der Waals surface area (Å²) >= 11 is 0. The Bertz CT molecular complexity index is 2550. The lowest BCUT2D eigenvalue weighted by molar-refractivity contribution is -0.383. The summed E-state index contributed by atoms with van der Waals surface area (Å²) in [5.74, 6) is -4.24. The van der Waals surface area contributed by atoms with E-state index < -0.39 is 161 Å². The Morgan fingerprint density at radius 1 is 0.446 bits per heavy atom. The van der Waals surface area contributed by atoms with E-state index in [4.69, 9.17) is 42.6 Å². The fraction of sp³-hybridized carbons (Fsp3) is 0.621. The van der Waals surface area contributed by atoms with Crippen molar-refractivity contribution in [2.45, 2.75) is 197 Å². The molecule has 4 aliphatic heterocycles. The number of ether oxygens (including phenoxy) is 9. The third-order valence-corrected chi connectivity index (χ3v) is 14.5. The minimum absolute atomic E-state index is 0.0256. The van der Waals surface area contributed by atoms with Crippen molar-refractivity contribution >= 4 is 11.9 Å². The molecule has 0 amide bonds. The van der Waals surface area contributed by atoms with Gasteiger partial charge >= 0.3 is 11.9 Å². The average molecular weight is 1180 g/mol. The minimum Gasteiger partial charge on any atom is -0.461 e. The Hall–Kier alpha value is -4.82. The second-order valence-electron chi connectivity index (χ2n) is 22.2. The maximum absolute atomic E-state index is 14.0. The molecule has 2 aromatic rings. The van der Waals surface area contributed by atoms with Gasteiger partial charge in [0, 0.05) is 0 Å². The number of benzene rings is 2. The lowest BCUT2D eigenvalue weighted by Crippen LogP contribution is -2.62. The molecule has 0 radical (unpaired) electrons. The van der Waals surface area contributed by atoms with Crippen molar-refractivity contribution in [3.05, 3.63) is 104 Å². The van der Waals surface area contributed by atoms with Crippen LogP contribution in [0.2, 0.25) is 0 Å². The molecule has 0 saturated carbocycles. The van der Waals surface area contributed by atoms with Crippen LogP contribution in [0.1, 0.15) is 98.4 Å². The highest BCUT2D eigenvalue weighted by Crippen LogP contribution is 2.39. The molecule has 0 aromatic heterocycles. The Morgan fingerprint density at radius 2 is 0.771 bits per heavy atom. The van der Waals surface area contributed by atoms with E-state index in [0.717, 1.165) is 22.3 Å².